The minimum atomic E-state index is -1.61. The summed E-state index contributed by atoms with van der Waals surface area (Å²) in [6.07, 6.45) is 10.6. The van der Waals surface area contributed by atoms with Crippen LogP contribution in [0.2, 0.25) is 0 Å². The SMILES string of the molecule is C=C(C)/C=C\C(=C\C)N1[CH-]N(C(=C\C)/C(C)=C\C(=C)C)CC1.[CH3-].[Cl][Ru]([Cl])=[CH]c1ccccc1. The average Bonchev–Trinajstić information content (AvgIpc) is 3.18. The number of halogens is 2. The quantitative estimate of drug-likeness (QED) is 0.183. The summed E-state index contributed by atoms with van der Waals surface area (Å²) >= 11 is -1.61. The van der Waals surface area contributed by atoms with Gasteiger partial charge in [0.25, 0.3) is 0 Å². The second kappa shape index (κ2) is 16.9. The number of nitrogens with zero attached hydrogens (tertiary/aromatic N) is 2. The third-order valence-corrected chi connectivity index (χ3v) is 6.34. The van der Waals surface area contributed by atoms with Crippen LogP contribution in [-0.4, -0.2) is 27.5 Å². The molecule has 1 aromatic rings. The van der Waals surface area contributed by atoms with Gasteiger partial charge < -0.3 is 17.2 Å². The molecule has 33 heavy (non-hydrogen) atoms. The predicted octanol–water partition coefficient (Wildman–Crippen LogP) is 8.40. The van der Waals surface area contributed by atoms with Gasteiger partial charge in [-0.15, -0.1) is 0 Å². The molecular formula is C28H38Cl2N2Ru-2. The van der Waals surface area contributed by atoms with E-state index in [9.17, 15) is 0 Å². The first kappa shape index (κ1) is 31.3. The molecule has 0 spiro atoms. The van der Waals surface area contributed by atoms with Crippen LogP contribution < -0.4 is 0 Å². The fraction of sp³-hybridized carbons (Fsp3) is 0.250. The van der Waals surface area contributed by atoms with E-state index in [4.69, 9.17) is 19.4 Å². The molecule has 0 unspecified atom stereocenters. The maximum absolute atomic E-state index is 5.67. The van der Waals surface area contributed by atoms with Gasteiger partial charge in [-0.25, -0.2) is 0 Å². The van der Waals surface area contributed by atoms with Crippen molar-refractivity contribution in [1.29, 1.82) is 0 Å². The third kappa shape index (κ3) is 12.4. The first-order chi connectivity index (χ1) is 15.2. The summed E-state index contributed by atoms with van der Waals surface area (Å²) in [5, 5.41) is 0. The Labute approximate surface area is 215 Å². The number of benzene rings is 1. The number of allylic oxidation sites excluding steroid dienone is 8. The van der Waals surface area contributed by atoms with Crippen molar-refractivity contribution in [2.75, 3.05) is 13.1 Å². The molecule has 1 saturated heterocycles. The van der Waals surface area contributed by atoms with E-state index in [1.165, 1.54) is 17.0 Å². The van der Waals surface area contributed by atoms with Crippen molar-refractivity contribution < 1.29 is 13.5 Å². The molecule has 1 aliphatic rings. The summed E-state index contributed by atoms with van der Waals surface area (Å²) in [7, 11) is 11.3. The van der Waals surface area contributed by atoms with E-state index in [1.807, 2.05) is 48.8 Å². The molecule has 0 amide bonds. The molecule has 0 atom stereocenters. The van der Waals surface area contributed by atoms with Crippen LogP contribution in [0.4, 0.5) is 0 Å². The topological polar surface area (TPSA) is 6.48 Å². The molecule has 2 rings (SSSR count). The van der Waals surface area contributed by atoms with Gasteiger partial charge in [0.05, 0.1) is 0 Å². The van der Waals surface area contributed by atoms with Crippen LogP contribution in [0.1, 0.15) is 40.2 Å². The van der Waals surface area contributed by atoms with Crippen molar-refractivity contribution in [3.63, 3.8) is 0 Å². The van der Waals surface area contributed by atoms with Crippen LogP contribution in [0, 0.1) is 14.1 Å². The van der Waals surface area contributed by atoms with Gasteiger partial charge in [-0.05, 0) is 46.3 Å². The van der Waals surface area contributed by atoms with Gasteiger partial charge in [0.15, 0.2) is 0 Å². The number of rotatable bonds is 7. The van der Waals surface area contributed by atoms with Crippen LogP contribution >= 0.6 is 19.4 Å². The molecule has 2 nitrogen and oxygen atoms in total. The Bertz CT molecular complexity index is 920. The predicted molar refractivity (Wildman–Crippen MR) is 147 cm³/mol. The Balaban J connectivity index is 0.000000779. The van der Waals surface area contributed by atoms with Crippen molar-refractivity contribution in [2.24, 2.45) is 0 Å². The van der Waals surface area contributed by atoms with Gasteiger partial charge >= 0.3 is 73.4 Å². The average molecular weight is 575 g/mol. The second-order valence-corrected chi connectivity index (χ2v) is 13.2. The zero-order valence-electron chi connectivity index (χ0n) is 20.8. The standard InChI is InChI=1S/C20H29N2.C7H6.CH3.2ClH.Ru/c1-8-19(11-10-16(3)4)21-12-13-22(15-21)20(9-2)18(7)14-17(5)6;1-7-5-3-2-4-6-7;;;;/h8-11,14-15H,3,5,12-13H2,1-2,4,6-7H3;1-6H;1H3;2*1H;/q-1;;-1;;;+2/p-2/b11-10-,18-14-,19-8-,20-9-;;;;;. The van der Waals surface area contributed by atoms with E-state index in [0.29, 0.717) is 0 Å². The molecular weight excluding hydrogens is 536 g/mol. The van der Waals surface area contributed by atoms with Crippen molar-refractivity contribution in [3.05, 3.63) is 122 Å². The Morgan fingerprint density at radius 3 is 2.03 bits per heavy atom. The van der Waals surface area contributed by atoms with Crippen LogP contribution in [0.15, 0.2) is 102 Å². The van der Waals surface area contributed by atoms with Gasteiger partial charge in [-0.3, -0.25) is 0 Å². The van der Waals surface area contributed by atoms with E-state index >= 15 is 0 Å². The summed E-state index contributed by atoms with van der Waals surface area (Å²) in [5.41, 5.74) is 6.93. The summed E-state index contributed by atoms with van der Waals surface area (Å²) in [6.45, 7) is 22.4. The van der Waals surface area contributed by atoms with E-state index < -0.39 is 13.5 Å². The van der Waals surface area contributed by atoms with E-state index in [1.54, 1.807) is 0 Å². The molecule has 184 valence electrons. The third-order valence-electron chi connectivity index (χ3n) is 4.47. The van der Waals surface area contributed by atoms with Crippen LogP contribution in [-0.2, 0) is 13.5 Å². The Morgan fingerprint density at radius 1 is 0.939 bits per heavy atom. The molecule has 0 aliphatic carbocycles. The molecule has 0 radical (unpaired) electrons. The van der Waals surface area contributed by atoms with Gasteiger partial charge in [0.1, 0.15) is 0 Å². The summed E-state index contributed by atoms with van der Waals surface area (Å²) in [6, 6.07) is 9.89. The Morgan fingerprint density at radius 2 is 1.55 bits per heavy atom. The zero-order chi connectivity index (χ0) is 24.1. The Kier molecular flexibility index (Phi) is 16.0. The van der Waals surface area contributed by atoms with Crippen LogP contribution in [0.25, 0.3) is 0 Å². The van der Waals surface area contributed by atoms with Crippen molar-refractivity contribution in [1.82, 2.24) is 9.80 Å². The molecule has 0 N–H and O–H groups in total. The molecule has 1 aromatic carbocycles. The van der Waals surface area contributed by atoms with Crippen molar-refractivity contribution >= 4 is 24.0 Å². The summed E-state index contributed by atoms with van der Waals surface area (Å²) < 4.78 is 1.92. The van der Waals surface area contributed by atoms with Gasteiger partial charge in [-0.1, -0.05) is 48.6 Å². The van der Waals surface area contributed by atoms with Gasteiger partial charge in [0.2, 0.25) is 0 Å². The minimum absolute atomic E-state index is 0. The number of hydrogen-bond donors (Lipinski definition) is 0. The fourth-order valence-electron chi connectivity index (χ4n) is 3.14. The number of hydrogen-bond acceptors (Lipinski definition) is 2. The second-order valence-electron chi connectivity index (χ2n) is 7.46. The Hall–Kier alpha value is -1.67. The maximum atomic E-state index is 5.67. The molecule has 1 aliphatic heterocycles. The van der Waals surface area contributed by atoms with E-state index in [-0.39, 0.29) is 7.43 Å². The summed E-state index contributed by atoms with van der Waals surface area (Å²) in [4.78, 5) is 4.57. The molecule has 0 saturated carbocycles. The van der Waals surface area contributed by atoms with Crippen LogP contribution in [0.5, 0.6) is 0 Å². The van der Waals surface area contributed by atoms with Gasteiger partial charge in [-0.2, -0.15) is 6.67 Å². The van der Waals surface area contributed by atoms with Gasteiger partial charge in [0, 0.05) is 24.5 Å². The monoisotopic (exact) mass is 574 g/mol. The van der Waals surface area contributed by atoms with Crippen molar-refractivity contribution in [2.45, 2.75) is 34.6 Å². The van der Waals surface area contributed by atoms with E-state index in [0.717, 1.165) is 29.8 Å². The zero-order valence-corrected chi connectivity index (χ0v) is 24.0. The summed E-state index contributed by atoms with van der Waals surface area (Å²) in [5.74, 6) is 0. The molecule has 1 heterocycles. The fourth-order valence-corrected chi connectivity index (χ4v) is 4.96. The van der Waals surface area contributed by atoms with Crippen LogP contribution in [0.3, 0.4) is 0 Å². The molecule has 1 fully saturated rings. The normalized spacial score (nSPS) is 15.0. The van der Waals surface area contributed by atoms with E-state index in [2.05, 4.69) is 80.8 Å². The first-order valence-corrected chi connectivity index (χ1v) is 15.9. The molecule has 0 bridgehead atoms. The first-order valence-electron chi connectivity index (χ1n) is 10.4. The molecule has 0 aromatic heterocycles. The van der Waals surface area contributed by atoms with Crippen molar-refractivity contribution in [3.8, 4) is 0 Å². The molecule has 5 heteroatoms.